The smallest absolute Gasteiger partial charge is 0.349 e. The van der Waals surface area contributed by atoms with E-state index in [4.69, 9.17) is 4.74 Å². The van der Waals surface area contributed by atoms with Crippen LogP contribution in [0.1, 0.15) is 9.67 Å². The number of esters is 1. The van der Waals surface area contributed by atoms with Crippen LogP contribution in [-0.2, 0) is 14.8 Å². The Hall–Kier alpha value is -2.13. The number of ether oxygens (including phenoxy) is 2. The highest BCUT2D eigenvalue weighted by Crippen LogP contribution is 2.25. The van der Waals surface area contributed by atoms with Gasteiger partial charge >= 0.3 is 5.97 Å². The molecule has 2 heterocycles. The van der Waals surface area contributed by atoms with Crippen molar-refractivity contribution in [2.24, 2.45) is 0 Å². The Labute approximate surface area is 125 Å². The second-order valence-electron chi connectivity index (χ2n) is 3.80. The molecule has 1 N–H and O–H groups in total. The molecule has 7 nitrogen and oxygen atoms in total. The van der Waals surface area contributed by atoms with Crippen LogP contribution >= 0.6 is 11.3 Å². The summed E-state index contributed by atoms with van der Waals surface area (Å²) in [6.45, 7) is 0. The van der Waals surface area contributed by atoms with E-state index in [1.165, 1.54) is 44.0 Å². The molecular formula is C12H12N2O5S2. The van der Waals surface area contributed by atoms with Crippen molar-refractivity contribution in [1.29, 1.82) is 0 Å². The minimum Gasteiger partial charge on any atom is -0.481 e. The molecule has 0 spiro atoms. The molecule has 0 aliphatic rings. The summed E-state index contributed by atoms with van der Waals surface area (Å²) >= 11 is 0.996. The fourth-order valence-electron chi connectivity index (χ4n) is 1.52. The van der Waals surface area contributed by atoms with Crippen LogP contribution in [0.3, 0.4) is 0 Å². The standard InChI is InChI=1S/C12H12N2O5S2/c1-18-10-4-3-8(7-13-10)14-21(16,17)9-5-6-20-11(9)12(15)19-2/h3-7,14H,1-2H3. The molecule has 0 aromatic carbocycles. The molecule has 0 aliphatic heterocycles. The van der Waals surface area contributed by atoms with Gasteiger partial charge in [-0.05, 0) is 17.5 Å². The van der Waals surface area contributed by atoms with Gasteiger partial charge in [-0.1, -0.05) is 0 Å². The number of carbonyl (C=O) groups is 1. The lowest BCUT2D eigenvalue weighted by molar-refractivity contribution is 0.0602. The first kappa shape index (κ1) is 15.3. The lowest BCUT2D eigenvalue weighted by Gasteiger charge is -2.08. The van der Waals surface area contributed by atoms with Gasteiger partial charge in [0, 0.05) is 6.07 Å². The number of thiophene rings is 1. The average molecular weight is 328 g/mol. The van der Waals surface area contributed by atoms with Crippen molar-refractivity contribution < 1.29 is 22.7 Å². The summed E-state index contributed by atoms with van der Waals surface area (Å²) in [5, 5.41) is 1.51. The van der Waals surface area contributed by atoms with Crippen LogP contribution in [0, 0.1) is 0 Å². The molecule has 0 bridgehead atoms. The first-order valence-electron chi connectivity index (χ1n) is 5.66. The summed E-state index contributed by atoms with van der Waals surface area (Å²) in [6.07, 6.45) is 1.32. The first-order chi connectivity index (χ1) is 9.97. The number of methoxy groups -OCH3 is 2. The van der Waals surface area contributed by atoms with E-state index in [2.05, 4.69) is 14.4 Å². The van der Waals surface area contributed by atoms with Crippen molar-refractivity contribution in [2.45, 2.75) is 4.90 Å². The molecule has 0 amide bonds. The topological polar surface area (TPSA) is 94.6 Å². The monoisotopic (exact) mass is 328 g/mol. The minimum atomic E-state index is -3.90. The quantitative estimate of drug-likeness (QED) is 0.840. The number of hydrogen-bond acceptors (Lipinski definition) is 7. The molecule has 2 aromatic heterocycles. The number of sulfonamides is 1. The number of aromatic nitrogens is 1. The average Bonchev–Trinajstić information content (AvgIpc) is 2.97. The fourth-order valence-corrected chi connectivity index (χ4v) is 3.90. The van der Waals surface area contributed by atoms with Gasteiger partial charge in [0.15, 0.2) is 0 Å². The third-order valence-electron chi connectivity index (χ3n) is 2.49. The number of nitrogens with one attached hydrogen (secondary N) is 1. The normalized spacial score (nSPS) is 11.0. The Kier molecular flexibility index (Phi) is 4.43. The maximum absolute atomic E-state index is 12.3. The Morgan fingerprint density at radius 1 is 1.29 bits per heavy atom. The summed E-state index contributed by atoms with van der Waals surface area (Å²) in [6, 6.07) is 4.37. The van der Waals surface area contributed by atoms with Crippen molar-refractivity contribution in [3.05, 3.63) is 34.7 Å². The molecule has 2 aromatic rings. The van der Waals surface area contributed by atoms with E-state index in [1.54, 1.807) is 0 Å². The molecule has 112 valence electrons. The van der Waals surface area contributed by atoms with Crippen LogP contribution in [0.2, 0.25) is 0 Å². The maximum atomic E-state index is 12.3. The predicted octanol–water partition coefficient (Wildman–Crippen LogP) is 1.74. The lowest BCUT2D eigenvalue weighted by atomic mass is 10.4. The zero-order valence-electron chi connectivity index (χ0n) is 11.2. The number of hydrogen-bond donors (Lipinski definition) is 1. The zero-order chi connectivity index (χ0) is 15.5. The highest BCUT2D eigenvalue weighted by atomic mass is 32.2. The molecule has 9 heteroatoms. The van der Waals surface area contributed by atoms with Gasteiger partial charge in [-0.3, -0.25) is 4.72 Å². The number of rotatable bonds is 5. The van der Waals surface area contributed by atoms with Gasteiger partial charge in [-0.2, -0.15) is 0 Å². The Balaban J connectivity index is 2.30. The number of pyridine rings is 1. The summed E-state index contributed by atoms with van der Waals surface area (Å²) in [5.74, 6) is -0.332. The third-order valence-corrected chi connectivity index (χ3v) is 4.93. The second-order valence-corrected chi connectivity index (χ2v) is 6.37. The fraction of sp³-hybridized carbons (Fsp3) is 0.167. The van der Waals surface area contributed by atoms with Gasteiger partial charge in [0.05, 0.1) is 26.1 Å². The number of anilines is 1. The van der Waals surface area contributed by atoms with E-state index in [1.807, 2.05) is 0 Å². The molecule has 0 radical (unpaired) electrons. The SMILES string of the molecule is COC(=O)c1sccc1S(=O)(=O)Nc1ccc(OC)nc1. The summed E-state index contributed by atoms with van der Waals surface area (Å²) in [7, 11) is -1.24. The summed E-state index contributed by atoms with van der Waals surface area (Å²) in [4.78, 5) is 15.3. The van der Waals surface area contributed by atoms with Gasteiger partial charge in [0.1, 0.15) is 9.77 Å². The molecule has 0 fully saturated rings. The van der Waals surface area contributed by atoms with Crippen molar-refractivity contribution in [2.75, 3.05) is 18.9 Å². The van der Waals surface area contributed by atoms with E-state index >= 15 is 0 Å². The van der Waals surface area contributed by atoms with E-state index in [9.17, 15) is 13.2 Å². The van der Waals surface area contributed by atoms with Crippen LogP contribution in [-0.4, -0.2) is 33.6 Å². The van der Waals surface area contributed by atoms with Gasteiger partial charge < -0.3 is 9.47 Å². The molecule has 21 heavy (non-hydrogen) atoms. The highest BCUT2D eigenvalue weighted by molar-refractivity contribution is 7.93. The predicted molar refractivity (Wildman–Crippen MR) is 77.3 cm³/mol. The van der Waals surface area contributed by atoms with Crippen LogP contribution in [0.25, 0.3) is 0 Å². The summed E-state index contributed by atoms with van der Waals surface area (Å²) in [5.41, 5.74) is 0.262. The second kappa shape index (κ2) is 6.10. The van der Waals surface area contributed by atoms with Crippen molar-refractivity contribution in [3.8, 4) is 5.88 Å². The van der Waals surface area contributed by atoms with E-state index in [-0.39, 0.29) is 15.5 Å². The van der Waals surface area contributed by atoms with Crippen molar-refractivity contribution in [3.63, 3.8) is 0 Å². The molecule has 0 aliphatic carbocycles. The van der Waals surface area contributed by atoms with Gasteiger partial charge in [0.2, 0.25) is 5.88 Å². The largest absolute Gasteiger partial charge is 0.481 e. The number of nitrogens with zero attached hydrogens (tertiary/aromatic N) is 1. The molecule has 0 saturated heterocycles. The Morgan fingerprint density at radius 3 is 2.62 bits per heavy atom. The molecule has 0 atom stereocenters. The lowest BCUT2D eigenvalue weighted by Crippen LogP contribution is -2.15. The van der Waals surface area contributed by atoms with Gasteiger partial charge in [0.25, 0.3) is 10.0 Å². The number of carbonyl (C=O) groups excluding carboxylic acids is 1. The van der Waals surface area contributed by atoms with Gasteiger partial charge in [-0.25, -0.2) is 18.2 Å². The van der Waals surface area contributed by atoms with Crippen LogP contribution in [0.4, 0.5) is 5.69 Å². The van der Waals surface area contributed by atoms with E-state index in [0.717, 1.165) is 11.3 Å². The van der Waals surface area contributed by atoms with Crippen LogP contribution < -0.4 is 9.46 Å². The van der Waals surface area contributed by atoms with Crippen LogP contribution in [0.15, 0.2) is 34.7 Å². The summed E-state index contributed by atoms with van der Waals surface area (Å²) < 4.78 is 36.4. The van der Waals surface area contributed by atoms with Crippen molar-refractivity contribution >= 4 is 33.0 Å². The molecule has 0 saturated carbocycles. The Morgan fingerprint density at radius 2 is 2.05 bits per heavy atom. The minimum absolute atomic E-state index is 0.0199. The van der Waals surface area contributed by atoms with E-state index < -0.39 is 16.0 Å². The molecule has 2 rings (SSSR count). The highest BCUT2D eigenvalue weighted by Gasteiger charge is 2.24. The zero-order valence-corrected chi connectivity index (χ0v) is 12.8. The van der Waals surface area contributed by atoms with Crippen LogP contribution in [0.5, 0.6) is 5.88 Å². The first-order valence-corrected chi connectivity index (χ1v) is 8.03. The Bertz CT molecular complexity index is 737. The third kappa shape index (κ3) is 3.31. The van der Waals surface area contributed by atoms with Gasteiger partial charge in [-0.15, -0.1) is 11.3 Å². The maximum Gasteiger partial charge on any atom is 0.349 e. The van der Waals surface area contributed by atoms with E-state index in [0.29, 0.717) is 5.88 Å². The molecular weight excluding hydrogens is 316 g/mol. The molecule has 0 unspecified atom stereocenters. The van der Waals surface area contributed by atoms with Crippen molar-refractivity contribution in [1.82, 2.24) is 4.98 Å².